The van der Waals surface area contributed by atoms with Gasteiger partial charge in [-0.3, -0.25) is 0 Å². The van der Waals surface area contributed by atoms with Crippen LogP contribution in [0.25, 0.3) is 0 Å². The largest absolute Gasteiger partial charge is 0.323 e. The second-order valence-corrected chi connectivity index (χ2v) is 10.9. The first kappa shape index (κ1) is 14.7. The molecule has 21 heavy (non-hydrogen) atoms. The average Bonchev–Trinajstić information content (AvgIpc) is 2.69. The quantitative estimate of drug-likeness (QED) is 0.707. The minimum absolute atomic E-state index is 0.211. The molecule has 3 heteroatoms. The van der Waals surface area contributed by atoms with E-state index in [1.165, 1.54) is 54.3 Å². The zero-order valence-corrected chi connectivity index (χ0v) is 15.5. The zero-order valence-electron chi connectivity index (χ0n) is 13.1. The van der Waals surface area contributed by atoms with Crippen LogP contribution in [0.3, 0.4) is 0 Å². The maximum atomic E-state index is 6.63. The molecule has 3 unspecified atom stereocenters. The highest BCUT2D eigenvalue weighted by Gasteiger charge is 2.60. The van der Waals surface area contributed by atoms with Crippen molar-refractivity contribution in [3.8, 4) is 0 Å². The number of hydrogen-bond donors (Lipinski definition) is 1. The molecule has 4 aliphatic rings. The van der Waals surface area contributed by atoms with Gasteiger partial charge in [0.05, 0.1) is 0 Å². The molecule has 0 aromatic carbocycles. The molecule has 4 saturated carbocycles. The van der Waals surface area contributed by atoms with Crippen molar-refractivity contribution in [2.45, 2.75) is 64.8 Å². The summed E-state index contributed by atoms with van der Waals surface area (Å²) in [7, 11) is 0. The Balaban J connectivity index is 1.61. The Kier molecular flexibility index (Phi) is 3.21. The van der Waals surface area contributed by atoms with Gasteiger partial charge < -0.3 is 5.73 Å². The van der Waals surface area contributed by atoms with Crippen molar-refractivity contribution in [2.75, 3.05) is 0 Å². The van der Waals surface area contributed by atoms with Crippen molar-refractivity contribution in [2.24, 2.45) is 27.9 Å². The van der Waals surface area contributed by atoms with Gasteiger partial charge in [-0.15, -0.1) is 11.3 Å². The fraction of sp³-hybridized carbons (Fsp3) is 0.778. The zero-order chi connectivity index (χ0) is 14.9. The van der Waals surface area contributed by atoms with Crippen LogP contribution in [0.2, 0.25) is 0 Å². The summed E-state index contributed by atoms with van der Waals surface area (Å²) < 4.78 is 1.21. The van der Waals surface area contributed by atoms with Crippen molar-refractivity contribution in [3.63, 3.8) is 0 Å². The number of thiophene rings is 1. The Labute approximate surface area is 140 Å². The van der Waals surface area contributed by atoms with Crippen LogP contribution in [0.5, 0.6) is 0 Å². The van der Waals surface area contributed by atoms with Crippen molar-refractivity contribution >= 4 is 27.3 Å². The lowest BCUT2D eigenvalue weighted by Gasteiger charge is -2.66. The van der Waals surface area contributed by atoms with E-state index in [2.05, 4.69) is 41.2 Å². The molecule has 1 aromatic rings. The summed E-state index contributed by atoms with van der Waals surface area (Å²) >= 11 is 5.48. The highest BCUT2D eigenvalue weighted by atomic mass is 79.9. The average molecular weight is 368 g/mol. The molecular weight excluding hydrogens is 342 g/mol. The molecule has 1 heterocycles. The number of halogens is 1. The van der Waals surface area contributed by atoms with Crippen molar-refractivity contribution in [1.82, 2.24) is 0 Å². The predicted octanol–water partition coefficient (Wildman–Crippen LogP) is 5.90. The van der Waals surface area contributed by atoms with Gasteiger partial charge in [0, 0.05) is 15.4 Å². The van der Waals surface area contributed by atoms with Crippen LogP contribution in [0.4, 0.5) is 0 Å². The van der Waals surface area contributed by atoms with Gasteiger partial charge in [0.15, 0.2) is 0 Å². The lowest BCUT2D eigenvalue weighted by molar-refractivity contribution is -0.149. The first-order valence-corrected chi connectivity index (χ1v) is 9.96. The molecule has 4 bridgehead atoms. The molecule has 4 aliphatic carbocycles. The molecule has 0 saturated heterocycles. The molecule has 0 aliphatic heterocycles. The number of nitrogens with two attached hydrogens (primary N) is 1. The minimum Gasteiger partial charge on any atom is -0.323 e. The van der Waals surface area contributed by atoms with Gasteiger partial charge in [0.2, 0.25) is 0 Å². The lowest BCUT2D eigenvalue weighted by Crippen LogP contribution is -2.55. The van der Waals surface area contributed by atoms with Crippen LogP contribution < -0.4 is 5.73 Å². The van der Waals surface area contributed by atoms with Gasteiger partial charge in [-0.1, -0.05) is 13.8 Å². The maximum absolute atomic E-state index is 6.63. The van der Waals surface area contributed by atoms with E-state index in [-0.39, 0.29) is 6.04 Å². The van der Waals surface area contributed by atoms with E-state index in [1.807, 2.05) is 11.3 Å². The summed E-state index contributed by atoms with van der Waals surface area (Å²) in [6, 6.07) is 2.35. The summed E-state index contributed by atoms with van der Waals surface area (Å²) in [5.74, 6) is 0.968. The summed E-state index contributed by atoms with van der Waals surface area (Å²) in [6.45, 7) is 5.11. The monoisotopic (exact) mass is 367 g/mol. The Bertz CT molecular complexity index is 547. The van der Waals surface area contributed by atoms with Gasteiger partial charge in [0.25, 0.3) is 0 Å². The summed E-state index contributed by atoms with van der Waals surface area (Å²) in [5, 5.41) is 2.15. The van der Waals surface area contributed by atoms with E-state index in [0.29, 0.717) is 16.2 Å². The molecule has 1 nitrogen and oxygen atoms in total. The van der Waals surface area contributed by atoms with Crippen LogP contribution in [0, 0.1) is 22.2 Å². The topological polar surface area (TPSA) is 26.0 Å². The van der Waals surface area contributed by atoms with Crippen LogP contribution in [0.15, 0.2) is 15.9 Å². The Hall–Kier alpha value is 0.140. The summed E-state index contributed by atoms with van der Waals surface area (Å²) in [5.41, 5.74) is 8.34. The predicted molar refractivity (Wildman–Crippen MR) is 93.4 cm³/mol. The van der Waals surface area contributed by atoms with Crippen molar-refractivity contribution in [3.05, 3.63) is 20.8 Å². The van der Waals surface area contributed by atoms with E-state index in [9.17, 15) is 0 Å². The second-order valence-electron chi connectivity index (χ2n) is 9.07. The molecule has 0 radical (unpaired) electrons. The highest BCUT2D eigenvalue weighted by molar-refractivity contribution is 9.10. The third-order valence-corrected chi connectivity index (χ3v) is 8.38. The van der Waals surface area contributed by atoms with Gasteiger partial charge in [-0.25, -0.2) is 0 Å². The fourth-order valence-corrected chi connectivity index (χ4v) is 8.71. The van der Waals surface area contributed by atoms with Crippen LogP contribution >= 0.6 is 27.3 Å². The molecule has 5 rings (SSSR count). The molecular formula is C18H26BrNS. The maximum Gasteiger partial charge on any atom is 0.0406 e. The smallest absolute Gasteiger partial charge is 0.0406 e. The molecule has 4 fully saturated rings. The van der Waals surface area contributed by atoms with Gasteiger partial charge in [-0.2, -0.15) is 0 Å². The summed E-state index contributed by atoms with van der Waals surface area (Å²) in [4.78, 5) is 1.35. The second kappa shape index (κ2) is 4.58. The molecule has 0 spiro atoms. The van der Waals surface area contributed by atoms with Crippen LogP contribution in [-0.4, -0.2) is 0 Å². The standard InChI is InChI=1S/C18H26BrNS/c1-16-5-12-6-17(2,9-16)11-18(7-12,10-16)8-14(20)15-13(19)3-4-21-15/h3-4,12,14H,5-11,20H2,1-2H3. The molecule has 2 N–H and O–H groups in total. The number of hydrogen-bond acceptors (Lipinski definition) is 2. The van der Waals surface area contributed by atoms with Crippen LogP contribution in [-0.2, 0) is 0 Å². The van der Waals surface area contributed by atoms with Gasteiger partial charge in [-0.05, 0) is 94.5 Å². The van der Waals surface area contributed by atoms with E-state index < -0.39 is 0 Å². The van der Waals surface area contributed by atoms with E-state index >= 15 is 0 Å². The van der Waals surface area contributed by atoms with Crippen LogP contribution in [0.1, 0.15) is 69.7 Å². The van der Waals surface area contributed by atoms with E-state index in [1.54, 1.807) is 0 Å². The minimum atomic E-state index is 0.211. The fourth-order valence-electron chi connectivity index (χ4n) is 7.04. The van der Waals surface area contributed by atoms with Gasteiger partial charge in [0.1, 0.15) is 0 Å². The Morgan fingerprint density at radius 1 is 1.24 bits per heavy atom. The first-order valence-electron chi connectivity index (χ1n) is 8.29. The number of rotatable bonds is 3. The normalized spacial score (nSPS) is 46.0. The Morgan fingerprint density at radius 3 is 2.43 bits per heavy atom. The third-order valence-electron chi connectivity index (χ3n) is 6.38. The van der Waals surface area contributed by atoms with Crippen molar-refractivity contribution in [1.29, 1.82) is 0 Å². The SMILES string of the molecule is CC12CC3CC(C)(C1)CC(CC(N)c1sccc1Br)(C3)C2. The van der Waals surface area contributed by atoms with E-state index in [0.717, 1.165) is 5.92 Å². The van der Waals surface area contributed by atoms with Crippen molar-refractivity contribution < 1.29 is 0 Å². The molecule has 116 valence electrons. The first-order chi connectivity index (χ1) is 9.81. The molecule has 1 aromatic heterocycles. The highest BCUT2D eigenvalue weighted by Crippen LogP contribution is 2.71. The Morgan fingerprint density at radius 2 is 1.90 bits per heavy atom. The third kappa shape index (κ3) is 2.44. The van der Waals surface area contributed by atoms with Gasteiger partial charge >= 0.3 is 0 Å². The molecule has 0 amide bonds. The summed E-state index contributed by atoms with van der Waals surface area (Å²) in [6.07, 6.45) is 9.87. The molecule has 3 atom stereocenters. The lowest BCUT2D eigenvalue weighted by atomic mass is 9.39. The van der Waals surface area contributed by atoms with E-state index in [4.69, 9.17) is 5.73 Å².